The molecule has 0 spiro atoms. The Morgan fingerprint density at radius 3 is 2.40 bits per heavy atom. The minimum Gasteiger partial charge on any atom is -0.468 e. The van der Waals surface area contributed by atoms with Crippen molar-refractivity contribution in [2.45, 2.75) is 25.0 Å². The average molecular weight is 348 g/mol. The number of rotatable bonds is 6. The van der Waals surface area contributed by atoms with Gasteiger partial charge in [-0.3, -0.25) is 14.9 Å². The summed E-state index contributed by atoms with van der Waals surface area (Å²) >= 11 is 0. The molecule has 0 bridgehead atoms. The second-order valence-electron chi connectivity index (χ2n) is 5.70. The third-order valence-electron chi connectivity index (χ3n) is 3.70. The highest BCUT2D eigenvalue weighted by Crippen LogP contribution is 2.32. The van der Waals surface area contributed by atoms with Gasteiger partial charge in [0.15, 0.2) is 0 Å². The van der Waals surface area contributed by atoms with E-state index in [-0.39, 0.29) is 11.8 Å². The zero-order valence-corrected chi connectivity index (χ0v) is 12.9. The number of ether oxygens (including phenoxy) is 1. The average Bonchev–Trinajstić information content (AvgIpc) is 3.37. The molecule has 130 valence electrons. The van der Waals surface area contributed by atoms with Crippen LogP contribution in [0.15, 0.2) is 42.5 Å². The lowest BCUT2D eigenvalue weighted by atomic mass is 10.1. The zero-order valence-electron chi connectivity index (χ0n) is 12.9. The van der Waals surface area contributed by atoms with Crippen molar-refractivity contribution < 1.29 is 23.2 Å². The Hall–Kier alpha value is -3.03. The SMILES string of the molecule is O=C(NC1CC1)C(Oc1cc(F)ccc1[N+](=O)[O-])c1ccc(F)cc1. The summed E-state index contributed by atoms with van der Waals surface area (Å²) in [6, 6.07) is 7.76. The molecule has 1 saturated carbocycles. The molecule has 0 saturated heterocycles. The number of nitro benzene ring substituents is 1. The number of benzene rings is 2. The van der Waals surface area contributed by atoms with Crippen molar-refractivity contribution >= 4 is 11.6 Å². The largest absolute Gasteiger partial charge is 0.468 e. The van der Waals surface area contributed by atoms with Gasteiger partial charge in [0.05, 0.1) is 4.92 Å². The zero-order chi connectivity index (χ0) is 18.0. The highest BCUT2D eigenvalue weighted by Gasteiger charge is 2.31. The predicted molar refractivity (Wildman–Crippen MR) is 84.0 cm³/mol. The highest BCUT2D eigenvalue weighted by molar-refractivity contribution is 5.83. The Balaban J connectivity index is 1.94. The molecule has 2 aromatic carbocycles. The molecule has 1 fully saturated rings. The third kappa shape index (κ3) is 4.09. The van der Waals surface area contributed by atoms with E-state index in [1.54, 1.807) is 0 Å². The van der Waals surface area contributed by atoms with Gasteiger partial charge in [-0.1, -0.05) is 12.1 Å². The number of carbonyl (C=O) groups excluding carboxylic acids is 1. The van der Waals surface area contributed by atoms with Gasteiger partial charge in [-0.2, -0.15) is 0 Å². The lowest BCUT2D eigenvalue weighted by Crippen LogP contribution is -2.34. The van der Waals surface area contributed by atoms with Crippen LogP contribution in [-0.4, -0.2) is 16.9 Å². The third-order valence-corrected chi connectivity index (χ3v) is 3.70. The molecule has 1 N–H and O–H groups in total. The van der Waals surface area contributed by atoms with Crippen LogP contribution in [0, 0.1) is 21.7 Å². The van der Waals surface area contributed by atoms with E-state index in [0.29, 0.717) is 5.56 Å². The predicted octanol–water partition coefficient (Wildman–Crippen LogP) is 3.27. The Morgan fingerprint density at radius 2 is 1.80 bits per heavy atom. The van der Waals surface area contributed by atoms with Gasteiger partial charge in [-0.25, -0.2) is 8.78 Å². The molecule has 0 aromatic heterocycles. The minimum atomic E-state index is -1.26. The molecule has 1 unspecified atom stereocenters. The Morgan fingerprint density at radius 1 is 1.16 bits per heavy atom. The molecule has 1 amide bonds. The van der Waals surface area contributed by atoms with Crippen LogP contribution in [0.3, 0.4) is 0 Å². The summed E-state index contributed by atoms with van der Waals surface area (Å²) in [5.74, 6) is -2.12. The van der Waals surface area contributed by atoms with Gasteiger partial charge >= 0.3 is 5.69 Å². The molecule has 0 aliphatic heterocycles. The van der Waals surface area contributed by atoms with Gasteiger partial charge in [-0.05, 0) is 31.0 Å². The minimum absolute atomic E-state index is 0.0292. The molecule has 1 aliphatic carbocycles. The van der Waals surface area contributed by atoms with E-state index in [2.05, 4.69) is 5.32 Å². The fourth-order valence-electron chi connectivity index (χ4n) is 2.28. The van der Waals surface area contributed by atoms with Crippen LogP contribution in [0.4, 0.5) is 14.5 Å². The molecule has 1 aliphatic rings. The van der Waals surface area contributed by atoms with Gasteiger partial charge in [0.1, 0.15) is 11.6 Å². The smallest absolute Gasteiger partial charge is 0.311 e. The summed E-state index contributed by atoms with van der Waals surface area (Å²) in [5, 5.41) is 13.8. The number of hydrogen-bond donors (Lipinski definition) is 1. The number of nitrogens with zero attached hydrogens (tertiary/aromatic N) is 1. The molecule has 1 atom stereocenters. The molecule has 6 nitrogen and oxygen atoms in total. The van der Waals surface area contributed by atoms with E-state index in [1.807, 2.05) is 0 Å². The van der Waals surface area contributed by atoms with Gasteiger partial charge in [0.2, 0.25) is 11.9 Å². The van der Waals surface area contributed by atoms with Gasteiger partial charge < -0.3 is 10.1 Å². The summed E-state index contributed by atoms with van der Waals surface area (Å²) in [4.78, 5) is 22.8. The number of amides is 1. The molecule has 3 rings (SSSR count). The van der Waals surface area contributed by atoms with Crippen molar-refractivity contribution in [3.05, 3.63) is 69.8 Å². The summed E-state index contributed by atoms with van der Waals surface area (Å²) in [5.41, 5.74) is -0.161. The quantitative estimate of drug-likeness (QED) is 0.642. The lowest BCUT2D eigenvalue weighted by Gasteiger charge is -2.19. The normalized spacial score (nSPS) is 14.6. The van der Waals surface area contributed by atoms with Gasteiger partial charge in [0, 0.05) is 23.7 Å². The van der Waals surface area contributed by atoms with Crippen LogP contribution in [0.25, 0.3) is 0 Å². The first kappa shape index (κ1) is 16.8. The number of halogens is 2. The van der Waals surface area contributed by atoms with E-state index in [9.17, 15) is 23.7 Å². The van der Waals surface area contributed by atoms with E-state index in [1.165, 1.54) is 12.1 Å². The first-order chi connectivity index (χ1) is 11.9. The topological polar surface area (TPSA) is 81.5 Å². The number of hydrogen-bond acceptors (Lipinski definition) is 4. The van der Waals surface area contributed by atoms with Crippen LogP contribution >= 0.6 is 0 Å². The van der Waals surface area contributed by atoms with Crippen molar-refractivity contribution in [2.24, 2.45) is 0 Å². The molecule has 0 radical (unpaired) electrons. The van der Waals surface area contributed by atoms with E-state index < -0.39 is 34.3 Å². The van der Waals surface area contributed by atoms with Crippen LogP contribution in [0.2, 0.25) is 0 Å². The van der Waals surface area contributed by atoms with E-state index in [0.717, 1.165) is 43.2 Å². The molecular weight excluding hydrogens is 334 g/mol. The van der Waals surface area contributed by atoms with E-state index in [4.69, 9.17) is 4.74 Å². The van der Waals surface area contributed by atoms with Crippen LogP contribution in [-0.2, 0) is 4.79 Å². The molecular formula is C17H14F2N2O4. The maximum atomic E-state index is 13.5. The molecule has 0 heterocycles. The van der Waals surface area contributed by atoms with E-state index >= 15 is 0 Å². The standard InChI is InChI=1S/C17H14F2N2O4/c18-11-3-1-10(2-4-11)16(17(22)20-13-6-7-13)25-15-9-12(19)5-8-14(15)21(23)24/h1-5,8-9,13,16H,6-7H2,(H,20,22). The summed E-state index contributed by atoms with van der Waals surface area (Å²) in [7, 11) is 0. The fourth-order valence-corrected chi connectivity index (χ4v) is 2.28. The van der Waals surface area contributed by atoms with Crippen molar-refractivity contribution in [3.8, 4) is 5.75 Å². The number of nitrogens with one attached hydrogen (secondary N) is 1. The van der Waals surface area contributed by atoms with Crippen molar-refractivity contribution in [1.29, 1.82) is 0 Å². The lowest BCUT2D eigenvalue weighted by molar-refractivity contribution is -0.386. The van der Waals surface area contributed by atoms with Crippen LogP contribution in [0.1, 0.15) is 24.5 Å². The molecule has 25 heavy (non-hydrogen) atoms. The second-order valence-corrected chi connectivity index (χ2v) is 5.70. The van der Waals surface area contributed by atoms with Crippen molar-refractivity contribution in [2.75, 3.05) is 0 Å². The Bertz CT molecular complexity index is 807. The summed E-state index contributed by atoms with van der Waals surface area (Å²) < 4.78 is 32.1. The summed E-state index contributed by atoms with van der Waals surface area (Å²) in [6.45, 7) is 0. The summed E-state index contributed by atoms with van der Waals surface area (Å²) in [6.07, 6.45) is 0.408. The highest BCUT2D eigenvalue weighted by atomic mass is 19.1. The Labute approximate surface area is 141 Å². The first-order valence-electron chi connectivity index (χ1n) is 7.60. The number of carbonyl (C=O) groups is 1. The van der Waals surface area contributed by atoms with Crippen molar-refractivity contribution in [3.63, 3.8) is 0 Å². The Kier molecular flexibility index (Phi) is 4.60. The van der Waals surface area contributed by atoms with Gasteiger partial charge in [-0.15, -0.1) is 0 Å². The van der Waals surface area contributed by atoms with Crippen LogP contribution in [0.5, 0.6) is 5.75 Å². The van der Waals surface area contributed by atoms with Gasteiger partial charge in [0.25, 0.3) is 5.91 Å². The monoisotopic (exact) mass is 348 g/mol. The fraction of sp³-hybridized carbons (Fsp3) is 0.235. The van der Waals surface area contributed by atoms with Crippen LogP contribution < -0.4 is 10.1 Å². The molecule has 2 aromatic rings. The first-order valence-corrected chi connectivity index (χ1v) is 7.60. The maximum Gasteiger partial charge on any atom is 0.311 e. The maximum absolute atomic E-state index is 13.5. The second kappa shape index (κ2) is 6.84. The van der Waals surface area contributed by atoms with Crippen molar-refractivity contribution in [1.82, 2.24) is 5.32 Å². The molecule has 8 heteroatoms. The number of nitro groups is 1.